The second kappa shape index (κ2) is 7.63. The van der Waals surface area contributed by atoms with Gasteiger partial charge in [0.2, 0.25) is 11.8 Å². The minimum atomic E-state index is -0.0213. The van der Waals surface area contributed by atoms with E-state index in [9.17, 15) is 9.59 Å². The van der Waals surface area contributed by atoms with Crippen molar-refractivity contribution in [1.29, 1.82) is 0 Å². The summed E-state index contributed by atoms with van der Waals surface area (Å²) in [6.45, 7) is 1.10. The van der Waals surface area contributed by atoms with E-state index in [1.807, 2.05) is 58.3 Å². The van der Waals surface area contributed by atoms with Crippen molar-refractivity contribution in [1.82, 2.24) is 0 Å². The van der Waals surface area contributed by atoms with E-state index in [2.05, 4.69) is 24.3 Å². The first-order chi connectivity index (χ1) is 15.7. The lowest BCUT2D eigenvalue weighted by Crippen LogP contribution is -2.49. The number of amides is 2. The van der Waals surface area contributed by atoms with Crippen LogP contribution in [0.25, 0.3) is 0 Å². The number of anilines is 2. The summed E-state index contributed by atoms with van der Waals surface area (Å²) in [5.41, 5.74) is 6.87. The average Bonchev–Trinajstić information content (AvgIpc) is 3.47. The average molecular weight is 423 g/mol. The maximum Gasteiger partial charge on any atom is 0.230 e. The minimum absolute atomic E-state index is 0.0213. The first kappa shape index (κ1) is 19.3. The van der Waals surface area contributed by atoms with E-state index in [0.717, 1.165) is 37.1 Å². The molecule has 32 heavy (non-hydrogen) atoms. The third-order valence-electron chi connectivity index (χ3n) is 7.34. The summed E-state index contributed by atoms with van der Waals surface area (Å²) in [6, 6.07) is 24.6. The molecule has 0 atom stereocenters. The number of rotatable bonds is 2. The van der Waals surface area contributed by atoms with Crippen molar-refractivity contribution in [2.24, 2.45) is 11.8 Å². The predicted octanol–water partition coefficient (Wildman–Crippen LogP) is 4.20. The fourth-order valence-corrected chi connectivity index (χ4v) is 5.73. The van der Waals surface area contributed by atoms with E-state index in [1.165, 1.54) is 22.3 Å². The molecule has 2 aliphatic carbocycles. The Morgan fingerprint density at radius 1 is 0.531 bits per heavy atom. The summed E-state index contributed by atoms with van der Waals surface area (Å²) in [4.78, 5) is 30.9. The second-order valence-electron chi connectivity index (χ2n) is 9.22. The molecule has 3 aromatic rings. The summed E-state index contributed by atoms with van der Waals surface area (Å²) in [5.74, 6) is 0.308. The van der Waals surface area contributed by atoms with Gasteiger partial charge in [-0.25, -0.2) is 0 Å². The lowest BCUT2D eigenvalue weighted by Gasteiger charge is -2.38. The van der Waals surface area contributed by atoms with Gasteiger partial charge in [-0.15, -0.1) is 0 Å². The maximum absolute atomic E-state index is 13.5. The van der Waals surface area contributed by atoms with E-state index >= 15 is 0 Å². The zero-order valence-electron chi connectivity index (χ0n) is 18.0. The number of fused-ring (bicyclic) bond motifs is 3. The van der Waals surface area contributed by atoms with E-state index in [4.69, 9.17) is 0 Å². The van der Waals surface area contributed by atoms with Crippen LogP contribution in [-0.2, 0) is 35.3 Å². The van der Waals surface area contributed by atoms with E-state index in [0.29, 0.717) is 13.1 Å². The molecule has 0 radical (unpaired) electrons. The van der Waals surface area contributed by atoms with E-state index < -0.39 is 0 Å². The normalized spacial score (nSPS) is 17.8. The van der Waals surface area contributed by atoms with Crippen LogP contribution in [0.15, 0.2) is 72.8 Å². The van der Waals surface area contributed by atoms with Crippen LogP contribution in [0.1, 0.15) is 22.3 Å². The smallest absolute Gasteiger partial charge is 0.230 e. The van der Waals surface area contributed by atoms with Crippen molar-refractivity contribution >= 4 is 23.2 Å². The van der Waals surface area contributed by atoms with Crippen LogP contribution in [0.3, 0.4) is 0 Å². The predicted molar refractivity (Wildman–Crippen MR) is 126 cm³/mol. The Balaban J connectivity index is 1.24. The van der Waals surface area contributed by atoms with Gasteiger partial charge in [-0.2, -0.15) is 0 Å². The Kier molecular flexibility index (Phi) is 4.60. The summed E-state index contributed by atoms with van der Waals surface area (Å²) >= 11 is 0. The van der Waals surface area contributed by atoms with Crippen molar-refractivity contribution in [3.63, 3.8) is 0 Å². The first-order valence-electron chi connectivity index (χ1n) is 11.5. The highest BCUT2D eigenvalue weighted by atomic mass is 16.2. The molecule has 0 bridgehead atoms. The van der Waals surface area contributed by atoms with Crippen LogP contribution in [0.2, 0.25) is 0 Å². The molecule has 4 nitrogen and oxygen atoms in total. The molecule has 0 fully saturated rings. The van der Waals surface area contributed by atoms with Gasteiger partial charge in [0.1, 0.15) is 0 Å². The molecule has 0 saturated heterocycles. The molecule has 0 N–H and O–H groups in total. The molecule has 160 valence electrons. The van der Waals surface area contributed by atoms with Crippen LogP contribution < -0.4 is 9.80 Å². The molecule has 1 heterocycles. The monoisotopic (exact) mass is 422 g/mol. The Hall–Kier alpha value is -3.40. The number of para-hydroxylation sites is 2. The fraction of sp³-hybridized carbons (Fsp3) is 0.286. The van der Waals surface area contributed by atoms with E-state index in [1.54, 1.807) is 0 Å². The third kappa shape index (κ3) is 3.13. The van der Waals surface area contributed by atoms with Gasteiger partial charge in [0.25, 0.3) is 0 Å². The van der Waals surface area contributed by atoms with Gasteiger partial charge in [0, 0.05) is 24.9 Å². The highest BCUT2D eigenvalue weighted by Crippen LogP contribution is 2.38. The zero-order valence-corrected chi connectivity index (χ0v) is 18.0. The number of hydrogen-bond donors (Lipinski definition) is 0. The van der Waals surface area contributed by atoms with Crippen molar-refractivity contribution < 1.29 is 9.59 Å². The Morgan fingerprint density at radius 2 is 0.844 bits per heavy atom. The zero-order chi connectivity index (χ0) is 21.7. The van der Waals surface area contributed by atoms with Gasteiger partial charge < -0.3 is 9.80 Å². The summed E-state index contributed by atoms with van der Waals surface area (Å²) in [5, 5.41) is 0. The van der Waals surface area contributed by atoms with Gasteiger partial charge in [0.15, 0.2) is 0 Å². The van der Waals surface area contributed by atoms with Crippen molar-refractivity contribution in [2.45, 2.75) is 25.7 Å². The number of benzene rings is 3. The number of nitrogens with zero attached hydrogens (tertiary/aromatic N) is 2. The molecule has 0 unspecified atom stereocenters. The molecule has 0 saturated carbocycles. The Bertz CT molecular complexity index is 1070. The van der Waals surface area contributed by atoms with Crippen molar-refractivity contribution in [3.05, 3.63) is 95.1 Å². The number of carbonyl (C=O) groups excluding carboxylic acids is 2. The third-order valence-corrected chi connectivity index (χ3v) is 7.34. The first-order valence-corrected chi connectivity index (χ1v) is 11.5. The van der Waals surface area contributed by atoms with Crippen molar-refractivity contribution in [2.75, 3.05) is 22.9 Å². The van der Waals surface area contributed by atoms with Gasteiger partial charge in [-0.05, 0) is 60.1 Å². The largest absolute Gasteiger partial charge is 0.308 e. The highest BCUT2D eigenvalue weighted by Gasteiger charge is 2.38. The standard InChI is InChI=1S/C28H26N2O2/c31-27(23-15-19-7-1-2-8-20(19)16-23)29-13-14-30(26-12-6-5-11-25(26)29)28(32)24-17-21-9-3-4-10-22(21)18-24/h1-12,23-24H,13-18H2. The Morgan fingerprint density at radius 3 is 1.19 bits per heavy atom. The minimum Gasteiger partial charge on any atom is -0.308 e. The molecule has 2 amide bonds. The Labute approximate surface area is 188 Å². The fourth-order valence-electron chi connectivity index (χ4n) is 5.73. The van der Waals surface area contributed by atoms with Crippen LogP contribution in [0.5, 0.6) is 0 Å². The molecular weight excluding hydrogens is 396 g/mol. The van der Waals surface area contributed by atoms with Crippen LogP contribution >= 0.6 is 0 Å². The van der Waals surface area contributed by atoms with Crippen LogP contribution in [0, 0.1) is 11.8 Å². The summed E-state index contributed by atoms with van der Waals surface area (Å²) in [6.07, 6.45) is 3.21. The SMILES string of the molecule is O=C(C1Cc2ccccc2C1)N1CCN(C(=O)C2Cc3ccccc3C2)c2ccccc21. The second-order valence-corrected chi connectivity index (χ2v) is 9.22. The van der Waals surface area contributed by atoms with Gasteiger partial charge >= 0.3 is 0 Å². The molecule has 0 spiro atoms. The summed E-state index contributed by atoms with van der Waals surface area (Å²) < 4.78 is 0. The maximum atomic E-state index is 13.5. The number of carbonyl (C=O) groups is 2. The van der Waals surface area contributed by atoms with Gasteiger partial charge in [-0.1, -0.05) is 60.7 Å². The molecule has 0 aromatic heterocycles. The molecular formula is C28H26N2O2. The topological polar surface area (TPSA) is 40.6 Å². The van der Waals surface area contributed by atoms with Crippen LogP contribution in [0.4, 0.5) is 11.4 Å². The van der Waals surface area contributed by atoms with Gasteiger partial charge in [0.05, 0.1) is 11.4 Å². The van der Waals surface area contributed by atoms with Crippen LogP contribution in [-0.4, -0.2) is 24.9 Å². The molecule has 6 rings (SSSR count). The number of hydrogen-bond acceptors (Lipinski definition) is 2. The van der Waals surface area contributed by atoms with Gasteiger partial charge in [-0.3, -0.25) is 9.59 Å². The molecule has 3 aliphatic rings. The molecule has 1 aliphatic heterocycles. The van der Waals surface area contributed by atoms with Crippen molar-refractivity contribution in [3.8, 4) is 0 Å². The lowest BCUT2D eigenvalue weighted by atomic mass is 10.0. The summed E-state index contributed by atoms with van der Waals surface area (Å²) in [7, 11) is 0. The lowest BCUT2D eigenvalue weighted by molar-refractivity contribution is -0.123. The molecule has 3 aromatic carbocycles. The quantitative estimate of drug-likeness (QED) is 0.621. The van der Waals surface area contributed by atoms with E-state index in [-0.39, 0.29) is 23.7 Å². The highest BCUT2D eigenvalue weighted by molar-refractivity contribution is 6.05. The molecule has 4 heteroatoms.